The molecule has 1 saturated carbocycles. The number of nitrogens with two attached hydrogens (primary N) is 1. The van der Waals surface area contributed by atoms with Gasteiger partial charge in [-0.15, -0.1) is 0 Å². The first-order valence-electron chi connectivity index (χ1n) is 11.5. The fourth-order valence-corrected chi connectivity index (χ4v) is 4.56. The van der Waals surface area contributed by atoms with Crippen LogP contribution in [0, 0.1) is 5.92 Å². The van der Waals surface area contributed by atoms with Crippen LogP contribution in [0.1, 0.15) is 31.7 Å². The van der Waals surface area contributed by atoms with Crippen LogP contribution in [0.15, 0.2) is 48.9 Å². The molecule has 3 heterocycles. The van der Waals surface area contributed by atoms with Crippen molar-refractivity contribution in [3.05, 3.63) is 48.9 Å². The van der Waals surface area contributed by atoms with Crippen molar-refractivity contribution in [3.8, 4) is 23.0 Å². The highest BCUT2D eigenvalue weighted by atomic mass is 16.5. The molecule has 1 aliphatic carbocycles. The third kappa shape index (κ3) is 4.59. The summed E-state index contributed by atoms with van der Waals surface area (Å²) in [5.74, 6) is 1.99. The number of ether oxygens (including phenoxy) is 2. The van der Waals surface area contributed by atoms with Gasteiger partial charge >= 0.3 is 0 Å². The van der Waals surface area contributed by atoms with E-state index < -0.39 is 0 Å². The van der Waals surface area contributed by atoms with E-state index in [1.165, 1.54) is 0 Å². The summed E-state index contributed by atoms with van der Waals surface area (Å²) >= 11 is 0. The minimum atomic E-state index is -0.0493. The Labute approximate surface area is 202 Å². The smallest absolute Gasteiger partial charge is 0.227 e. The molecule has 3 aromatic heterocycles. The number of fused-ring (bicyclic) bond motifs is 1. The van der Waals surface area contributed by atoms with Crippen molar-refractivity contribution < 1.29 is 14.3 Å². The Bertz CT molecular complexity index is 1360. The van der Waals surface area contributed by atoms with Crippen molar-refractivity contribution in [3.63, 3.8) is 0 Å². The van der Waals surface area contributed by atoms with Gasteiger partial charge in [0, 0.05) is 41.5 Å². The summed E-state index contributed by atoms with van der Waals surface area (Å²) in [6, 6.07) is 11.2. The standard InChI is InChI=1S/C25H27N7O3/c1-34-19-5-3-4-17(13-19)29-25(33)15-6-8-18(9-7-15)32-14-28-21-22(26)30-23(31-24(21)32)16-10-11-27-20(12-16)35-2/h3-5,10-15,18H,6-9H2,1-2H3,(H,29,33)(H2,26,30,31). The molecule has 5 rings (SSSR count). The molecule has 180 valence electrons. The van der Waals surface area contributed by atoms with Crippen LogP contribution in [-0.4, -0.2) is 44.6 Å². The van der Waals surface area contributed by atoms with Gasteiger partial charge in [0.15, 0.2) is 17.3 Å². The summed E-state index contributed by atoms with van der Waals surface area (Å²) in [6.45, 7) is 0. The lowest BCUT2D eigenvalue weighted by atomic mass is 9.85. The maximum Gasteiger partial charge on any atom is 0.227 e. The van der Waals surface area contributed by atoms with E-state index in [9.17, 15) is 4.79 Å². The average Bonchev–Trinajstić information content (AvgIpc) is 3.33. The van der Waals surface area contributed by atoms with Gasteiger partial charge in [0.05, 0.1) is 20.5 Å². The number of imidazole rings is 1. The first-order chi connectivity index (χ1) is 17.1. The molecular weight excluding hydrogens is 446 g/mol. The second-order valence-corrected chi connectivity index (χ2v) is 8.57. The molecule has 10 heteroatoms. The van der Waals surface area contributed by atoms with Gasteiger partial charge in [0.25, 0.3) is 0 Å². The number of nitrogens with zero attached hydrogens (tertiary/aromatic N) is 5. The van der Waals surface area contributed by atoms with E-state index in [1.54, 1.807) is 32.8 Å². The van der Waals surface area contributed by atoms with Crippen molar-refractivity contribution in [2.45, 2.75) is 31.7 Å². The first kappa shape index (κ1) is 22.6. The lowest BCUT2D eigenvalue weighted by Gasteiger charge is -2.28. The van der Waals surface area contributed by atoms with Crippen LogP contribution in [0.4, 0.5) is 11.5 Å². The Hall–Kier alpha value is -4.21. The molecule has 0 unspecified atom stereocenters. The summed E-state index contributed by atoms with van der Waals surface area (Å²) in [5, 5.41) is 3.02. The highest BCUT2D eigenvalue weighted by molar-refractivity contribution is 5.92. The predicted molar refractivity (Wildman–Crippen MR) is 132 cm³/mol. The van der Waals surface area contributed by atoms with Crippen LogP contribution < -0.4 is 20.5 Å². The van der Waals surface area contributed by atoms with Gasteiger partial charge in [0.2, 0.25) is 11.8 Å². The zero-order chi connectivity index (χ0) is 24.4. The fourth-order valence-electron chi connectivity index (χ4n) is 4.56. The Morgan fingerprint density at radius 1 is 1.06 bits per heavy atom. The molecule has 0 radical (unpaired) electrons. The van der Waals surface area contributed by atoms with E-state index in [0.717, 1.165) is 36.9 Å². The molecule has 0 bridgehead atoms. The molecule has 1 aromatic carbocycles. The lowest BCUT2D eigenvalue weighted by Crippen LogP contribution is -2.28. The molecule has 10 nitrogen and oxygen atoms in total. The third-order valence-corrected chi connectivity index (χ3v) is 6.45. The van der Waals surface area contributed by atoms with Gasteiger partial charge in [-0.05, 0) is 43.9 Å². The average molecular weight is 474 g/mol. The van der Waals surface area contributed by atoms with Crippen LogP contribution in [0.3, 0.4) is 0 Å². The molecule has 4 aromatic rings. The number of rotatable bonds is 6. The highest BCUT2D eigenvalue weighted by Gasteiger charge is 2.29. The number of methoxy groups -OCH3 is 2. The molecule has 0 saturated heterocycles. The predicted octanol–water partition coefficient (Wildman–Crippen LogP) is 3.86. The fraction of sp³-hybridized carbons (Fsp3) is 0.320. The number of benzene rings is 1. The summed E-state index contributed by atoms with van der Waals surface area (Å²) < 4.78 is 12.5. The number of anilines is 2. The Morgan fingerprint density at radius 3 is 2.66 bits per heavy atom. The van der Waals surface area contributed by atoms with Gasteiger partial charge in [-0.2, -0.15) is 0 Å². The van der Waals surface area contributed by atoms with Crippen molar-refractivity contribution in [2.24, 2.45) is 5.92 Å². The van der Waals surface area contributed by atoms with E-state index in [1.807, 2.05) is 30.3 Å². The van der Waals surface area contributed by atoms with Gasteiger partial charge in [0.1, 0.15) is 11.3 Å². The minimum Gasteiger partial charge on any atom is -0.497 e. The monoisotopic (exact) mass is 473 g/mol. The van der Waals surface area contributed by atoms with Crippen LogP contribution in [0.2, 0.25) is 0 Å². The van der Waals surface area contributed by atoms with Crippen LogP contribution >= 0.6 is 0 Å². The Balaban J connectivity index is 1.32. The largest absolute Gasteiger partial charge is 0.497 e. The zero-order valence-electron chi connectivity index (χ0n) is 19.6. The maximum atomic E-state index is 12.8. The van der Waals surface area contributed by atoms with Gasteiger partial charge < -0.3 is 25.1 Å². The zero-order valence-corrected chi connectivity index (χ0v) is 19.6. The molecule has 3 N–H and O–H groups in total. The first-order valence-corrected chi connectivity index (χ1v) is 11.5. The number of amides is 1. The minimum absolute atomic E-state index is 0.0349. The van der Waals surface area contributed by atoms with Crippen molar-refractivity contribution in [1.82, 2.24) is 24.5 Å². The summed E-state index contributed by atoms with van der Waals surface area (Å²) in [6.07, 6.45) is 6.64. The number of pyridine rings is 1. The highest BCUT2D eigenvalue weighted by Crippen LogP contribution is 2.35. The molecule has 0 atom stereocenters. The molecule has 1 aliphatic rings. The van der Waals surface area contributed by atoms with Gasteiger partial charge in [-0.25, -0.2) is 19.9 Å². The number of nitrogens with one attached hydrogen (secondary N) is 1. The summed E-state index contributed by atoms with van der Waals surface area (Å²) in [5.41, 5.74) is 8.99. The number of hydrogen-bond donors (Lipinski definition) is 2. The Kier molecular flexibility index (Phi) is 6.17. The van der Waals surface area contributed by atoms with Crippen LogP contribution in [0.25, 0.3) is 22.6 Å². The second-order valence-electron chi connectivity index (χ2n) is 8.57. The molecule has 0 spiro atoms. The number of carbonyl (C=O) groups excluding carboxylic acids is 1. The SMILES string of the molecule is COc1cccc(NC(=O)C2CCC(n3cnc4c(N)nc(-c5ccnc(OC)c5)nc43)CC2)c1. The van der Waals surface area contributed by atoms with E-state index in [2.05, 4.69) is 24.8 Å². The molecule has 0 aliphatic heterocycles. The molecule has 1 amide bonds. The molecule has 35 heavy (non-hydrogen) atoms. The van der Waals surface area contributed by atoms with Gasteiger partial charge in [-0.3, -0.25) is 4.79 Å². The van der Waals surface area contributed by atoms with Crippen molar-refractivity contribution in [2.75, 3.05) is 25.3 Å². The third-order valence-electron chi connectivity index (χ3n) is 6.45. The van der Waals surface area contributed by atoms with Crippen molar-refractivity contribution in [1.29, 1.82) is 0 Å². The van der Waals surface area contributed by atoms with E-state index >= 15 is 0 Å². The summed E-state index contributed by atoms with van der Waals surface area (Å²) in [4.78, 5) is 30.7. The van der Waals surface area contributed by atoms with Crippen molar-refractivity contribution >= 4 is 28.6 Å². The number of hydrogen-bond acceptors (Lipinski definition) is 8. The second kappa shape index (κ2) is 9.57. The lowest BCUT2D eigenvalue weighted by molar-refractivity contribution is -0.120. The molecular formula is C25H27N7O3. The number of aromatic nitrogens is 5. The quantitative estimate of drug-likeness (QED) is 0.432. The Morgan fingerprint density at radius 2 is 1.89 bits per heavy atom. The van der Waals surface area contributed by atoms with E-state index in [0.29, 0.717) is 34.4 Å². The van der Waals surface area contributed by atoms with E-state index in [4.69, 9.17) is 20.2 Å². The topological polar surface area (TPSA) is 130 Å². The number of nitrogen functional groups attached to an aromatic ring is 1. The maximum absolute atomic E-state index is 12.8. The van der Waals surface area contributed by atoms with Crippen LogP contribution in [-0.2, 0) is 4.79 Å². The summed E-state index contributed by atoms with van der Waals surface area (Å²) in [7, 11) is 3.17. The number of carbonyl (C=O) groups is 1. The van der Waals surface area contributed by atoms with E-state index in [-0.39, 0.29) is 17.9 Å². The van der Waals surface area contributed by atoms with Gasteiger partial charge in [-0.1, -0.05) is 6.07 Å². The molecule has 1 fully saturated rings. The normalized spacial score (nSPS) is 17.8. The van der Waals surface area contributed by atoms with Crippen LogP contribution in [0.5, 0.6) is 11.6 Å².